The fourth-order valence-electron chi connectivity index (χ4n) is 4.19. The van der Waals surface area contributed by atoms with Crippen LogP contribution in [-0.4, -0.2) is 36.0 Å². The fraction of sp³-hybridized carbons (Fsp3) is 0.296. The number of thiocarbonyl (C=S) groups is 1. The third kappa shape index (κ3) is 4.55. The summed E-state index contributed by atoms with van der Waals surface area (Å²) in [5.74, 6) is 0.312. The molecular weight excluding hydrogens is 499 g/mol. The first-order valence-electron chi connectivity index (χ1n) is 11.4. The van der Waals surface area contributed by atoms with Crippen molar-refractivity contribution in [2.24, 2.45) is 0 Å². The van der Waals surface area contributed by atoms with Gasteiger partial charge in [0.25, 0.3) is 0 Å². The predicted molar refractivity (Wildman–Crippen MR) is 150 cm³/mol. The van der Waals surface area contributed by atoms with E-state index in [4.69, 9.17) is 21.7 Å². The second kappa shape index (κ2) is 10.2. The number of methoxy groups -OCH3 is 1. The van der Waals surface area contributed by atoms with E-state index in [-0.39, 0.29) is 11.9 Å². The van der Waals surface area contributed by atoms with Crippen LogP contribution in [0.3, 0.4) is 0 Å². The van der Waals surface area contributed by atoms with E-state index in [1.807, 2.05) is 69.3 Å². The summed E-state index contributed by atoms with van der Waals surface area (Å²) in [4.78, 5) is 29.8. The van der Waals surface area contributed by atoms with E-state index in [0.29, 0.717) is 28.5 Å². The number of hydrogen-bond acceptors (Lipinski definition) is 7. The molecule has 4 rings (SSSR count). The average molecular weight is 526 g/mol. The van der Waals surface area contributed by atoms with Gasteiger partial charge in [-0.05, 0) is 44.5 Å². The lowest BCUT2D eigenvalue weighted by Crippen LogP contribution is -2.55. The van der Waals surface area contributed by atoms with Gasteiger partial charge in [-0.3, -0.25) is 4.79 Å². The summed E-state index contributed by atoms with van der Waals surface area (Å²) in [6.07, 6.45) is 0.361. The summed E-state index contributed by atoms with van der Waals surface area (Å²) in [7, 11) is 1.61. The van der Waals surface area contributed by atoms with Crippen molar-refractivity contribution in [1.29, 1.82) is 0 Å². The van der Waals surface area contributed by atoms with E-state index < -0.39 is 5.54 Å². The maximum Gasteiger partial charge on any atom is 0.346 e. The molecule has 2 aromatic carbocycles. The lowest BCUT2D eigenvalue weighted by molar-refractivity contribution is -0.137. The third-order valence-corrected chi connectivity index (χ3v) is 9.24. The number of ether oxygens (including phenoxy) is 2. The topological polar surface area (TPSA) is 55.8 Å². The van der Waals surface area contributed by atoms with Crippen LogP contribution in [0.1, 0.15) is 45.2 Å². The molecule has 2 aromatic rings. The summed E-state index contributed by atoms with van der Waals surface area (Å²) in [5, 5.41) is 0. The Hall–Kier alpha value is -2.55. The summed E-state index contributed by atoms with van der Waals surface area (Å²) in [6.45, 7) is 7.88. The highest BCUT2D eigenvalue weighted by Crippen LogP contribution is 2.58. The van der Waals surface area contributed by atoms with Gasteiger partial charge in [0.1, 0.15) is 10.7 Å². The largest absolute Gasteiger partial charge is 0.497 e. The summed E-state index contributed by atoms with van der Waals surface area (Å²) >= 11 is 8.96. The van der Waals surface area contributed by atoms with Crippen LogP contribution in [0.25, 0.3) is 10.5 Å². The number of benzene rings is 2. The highest BCUT2D eigenvalue weighted by Gasteiger charge is 2.45. The molecule has 0 atom stereocenters. The first-order chi connectivity index (χ1) is 16.7. The molecule has 0 spiro atoms. The molecule has 182 valence electrons. The molecule has 1 amide bonds. The van der Waals surface area contributed by atoms with Crippen LogP contribution in [0.5, 0.6) is 5.75 Å². The molecule has 0 unspecified atom stereocenters. The van der Waals surface area contributed by atoms with Crippen LogP contribution in [0, 0.1) is 0 Å². The van der Waals surface area contributed by atoms with Gasteiger partial charge >= 0.3 is 5.97 Å². The minimum atomic E-state index is -0.729. The molecule has 0 aromatic heterocycles. The lowest BCUT2D eigenvalue weighted by atomic mass is 9.83. The molecule has 0 bridgehead atoms. The Morgan fingerprint density at radius 3 is 2.40 bits per heavy atom. The first-order valence-corrected chi connectivity index (χ1v) is 13.4. The number of rotatable bonds is 5. The number of carbonyl (C=O) groups is 2. The Morgan fingerprint density at radius 2 is 1.77 bits per heavy atom. The maximum atomic E-state index is 13.1. The Kier molecular flexibility index (Phi) is 7.45. The normalized spacial score (nSPS) is 19.0. The van der Waals surface area contributed by atoms with E-state index in [1.165, 1.54) is 23.5 Å². The molecular formula is C27H27NO4S3. The van der Waals surface area contributed by atoms with Crippen LogP contribution in [0.4, 0.5) is 5.69 Å². The fourth-order valence-corrected chi connectivity index (χ4v) is 7.32. The van der Waals surface area contributed by atoms with E-state index >= 15 is 0 Å². The molecule has 2 aliphatic rings. The minimum Gasteiger partial charge on any atom is -0.497 e. The minimum absolute atomic E-state index is 0.00476. The molecule has 0 N–H and O–H groups in total. The van der Waals surface area contributed by atoms with Gasteiger partial charge in [0, 0.05) is 22.5 Å². The molecule has 2 aliphatic heterocycles. The zero-order valence-corrected chi connectivity index (χ0v) is 22.8. The molecule has 0 saturated heterocycles. The zero-order chi connectivity index (χ0) is 25.3. The van der Waals surface area contributed by atoms with Gasteiger partial charge in [-0.2, -0.15) is 0 Å². The van der Waals surface area contributed by atoms with Crippen molar-refractivity contribution in [2.75, 3.05) is 18.6 Å². The second-order valence-electron chi connectivity index (χ2n) is 8.47. The molecule has 0 fully saturated rings. The Morgan fingerprint density at radius 1 is 1.06 bits per heavy atom. The van der Waals surface area contributed by atoms with E-state index in [9.17, 15) is 9.59 Å². The number of thioether (sulfide) groups is 2. The number of hydrogen-bond donors (Lipinski definition) is 0. The van der Waals surface area contributed by atoms with Crippen LogP contribution in [-0.2, 0) is 14.3 Å². The number of fused-ring (bicyclic) bond motifs is 1. The van der Waals surface area contributed by atoms with Gasteiger partial charge in [-0.25, -0.2) is 4.79 Å². The average Bonchev–Trinajstić information content (AvgIpc) is 3.30. The maximum absolute atomic E-state index is 13.1. The van der Waals surface area contributed by atoms with Crippen molar-refractivity contribution in [2.45, 2.75) is 39.7 Å². The number of amides is 1. The standard InChI is InChI=1S/C27H27NO4S3/c1-6-20(29)28-19-14-13-17(31-5)15-18(19)21(24(33)27(28,3)4)26-34-22(16-11-9-8-10-12-16)23(35-26)25(30)32-7-2/h8-15H,6-7H2,1-5H3/b26-21-. The first kappa shape index (κ1) is 25.5. The van der Waals surface area contributed by atoms with Gasteiger partial charge in [0.15, 0.2) is 0 Å². The highest BCUT2D eigenvalue weighted by molar-refractivity contribution is 8.32. The van der Waals surface area contributed by atoms with Crippen molar-refractivity contribution in [1.82, 2.24) is 0 Å². The van der Waals surface area contributed by atoms with Crippen molar-refractivity contribution >= 4 is 68.6 Å². The zero-order valence-electron chi connectivity index (χ0n) is 20.3. The highest BCUT2D eigenvalue weighted by atomic mass is 32.2. The SMILES string of the molecule is CCOC(=O)C1=C(c2ccccc2)S/C(=C2/C(=S)C(C)(C)N(C(=O)CC)c3ccc(OC)cc32)S1. The van der Waals surface area contributed by atoms with Crippen LogP contribution in [0.2, 0.25) is 0 Å². The van der Waals surface area contributed by atoms with Gasteiger partial charge in [0.2, 0.25) is 5.91 Å². The Labute approximate surface area is 219 Å². The molecule has 35 heavy (non-hydrogen) atoms. The summed E-state index contributed by atoms with van der Waals surface area (Å²) < 4.78 is 11.8. The summed E-state index contributed by atoms with van der Waals surface area (Å²) in [5.41, 5.74) is 2.67. The molecule has 0 saturated carbocycles. The van der Waals surface area contributed by atoms with Crippen LogP contribution >= 0.6 is 35.7 Å². The Bertz CT molecular complexity index is 1260. The quantitative estimate of drug-likeness (QED) is 0.245. The van der Waals surface area contributed by atoms with Gasteiger partial charge in [0.05, 0.1) is 34.0 Å². The van der Waals surface area contributed by atoms with Gasteiger partial charge < -0.3 is 14.4 Å². The smallest absolute Gasteiger partial charge is 0.346 e. The van der Waals surface area contributed by atoms with Crippen LogP contribution in [0.15, 0.2) is 57.7 Å². The van der Waals surface area contributed by atoms with E-state index in [2.05, 4.69) is 0 Å². The molecule has 2 heterocycles. The number of esters is 1. The predicted octanol–water partition coefficient (Wildman–Crippen LogP) is 6.68. The van der Waals surface area contributed by atoms with Crippen molar-refractivity contribution < 1.29 is 19.1 Å². The van der Waals surface area contributed by atoms with E-state index in [0.717, 1.165) is 31.5 Å². The molecule has 0 radical (unpaired) electrons. The van der Waals surface area contributed by atoms with Gasteiger partial charge in [-0.15, -0.1) is 0 Å². The third-order valence-electron chi connectivity index (χ3n) is 5.90. The summed E-state index contributed by atoms with van der Waals surface area (Å²) in [6, 6.07) is 15.5. The molecule has 0 aliphatic carbocycles. The Balaban J connectivity index is 1.93. The number of anilines is 1. The number of nitrogens with zero attached hydrogens (tertiary/aromatic N) is 1. The molecule has 5 nitrogen and oxygen atoms in total. The van der Waals surface area contributed by atoms with Crippen molar-refractivity contribution in [3.05, 3.63) is 68.8 Å². The van der Waals surface area contributed by atoms with Gasteiger partial charge in [-0.1, -0.05) is 73.0 Å². The lowest BCUT2D eigenvalue weighted by Gasteiger charge is -2.45. The second-order valence-corrected chi connectivity index (χ2v) is 11.2. The van der Waals surface area contributed by atoms with E-state index in [1.54, 1.807) is 18.9 Å². The molecule has 8 heteroatoms. The monoisotopic (exact) mass is 525 g/mol. The van der Waals surface area contributed by atoms with Crippen molar-refractivity contribution in [3.8, 4) is 5.75 Å². The van der Waals surface area contributed by atoms with Crippen molar-refractivity contribution in [3.63, 3.8) is 0 Å². The number of carbonyl (C=O) groups excluding carboxylic acids is 2. The van der Waals surface area contributed by atoms with Crippen LogP contribution < -0.4 is 9.64 Å².